The van der Waals surface area contributed by atoms with Crippen molar-refractivity contribution in [1.82, 2.24) is 20.4 Å². The first-order valence-electron chi connectivity index (χ1n) is 12.1. The number of para-hydroxylation sites is 1. The van der Waals surface area contributed by atoms with Crippen LogP contribution >= 0.6 is 0 Å². The van der Waals surface area contributed by atoms with Crippen molar-refractivity contribution in [3.05, 3.63) is 84.1 Å². The second-order valence-corrected chi connectivity index (χ2v) is 9.38. The fourth-order valence-electron chi connectivity index (χ4n) is 4.37. The standard InChI is InChI=1S/C28H32N4O4/c1-5-14-31-23-17-32(19(4)26(33)29-16-18(2)3)27(34)24(23)25(30-28(31)35)20-10-9-13-22(15-20)36-21-11-7-6-8-12-21/h5-13,15,18-19,25H,1,14,16-17H2,2-4H3,(H,29,33)(H,30,35)/t19-,25-/m0/s1. The summed E-state index contributed by atoms with van der Waals surface area (Å²) >= 11 is 0. The number of benzene rings is 2. The molecule has 0 fully saturated rings. The lowest BCUT2D eigenvalue weighted by Gasteiger charge is -2.33. The van der Waals surface area contributed by atoms with Gasteiger partial charge >= 0.3 is 6.03 Å². The summed E-state index contributed by atoms with van der Waals surface area (Å²) in [6.07, 6.45) is 1.62. The molecule has 2 N–H and O–H groups in total. The Morgan fingerprint density at radius 3 is 2.56 bits per heavy atom. The number of rotatable bonds is 9. The van der Waals surface area contributed by atoms with Gasteiger partial charge in [0.1, 0.15) is 17.5 Å². The molecule has 0 unspecified atom stereocenters. The molecule has 2 atom stereocenters. The van der Waals surface area contributed by atoms with Gasteiger partial charge in [-0.2, -0.15) is 0 Å². The molecule has 2 aliphatic heterocycles. The van der Waals surface area contributed by atoms with Crippen LogP contribution in [-0.2, 0) is 9.59 Å². The van der Waals surface area contributed by atoms with E-state index >= 15 is 0 Å². The number of ether oxygens (including phenoxy) is 1. The van der Waals surface area contributed by atoms with Crippen LogP contribution in [0, 0.1) is 5.92 Å². The number of carbonyl (C=O) groups excluding carboxylic acids is 3. The van der Waals surface area contributed by atoms with E-state index in [0.29, 0.717) is 35.2 Å². The van der Waals surface area contributed by atoms with Gasteiger partial charge in [0, 0.05) is 13.1 Å². The summed E-state index contributed by atoms with van der Waals surface area (Å²) in [6.45, 7) is 10.4. The van der Waals surface area contributed by atoms with Crippen molar-refractivity contribution in [2.24, 2.45) is 5.92 Å². The van der Waals surface area contributed by atoms with E-state index in [1.54, 1.807) is 13.0 Å². The van der Waals surface area contributed by atoms with Gasteiger partial charge in [-0.1, -0.05) is 50.3 Å². The van der Waals surface area contributed by atoms with Crippen LogP contribution in [0.1, 0.15) is 32.4 Å². The monoisotopic (exact) mass is 488 g/mol. The van der Waals surface area contributed by atoms with Crippen LogP contribution < -0.4 is 15.4 Å². The Balaban J connectivity index is 1.65. The molecule has 2 aromatic rings. The van der Waals surface area contributed by atoms with Crippen LogP contribution in [0.15, 0.2) is 78.5 Å². The van der Waals surface area contributed by atoms with E-state index in [1.165, 1.54) is 9.80 Å². The van der Waals surface area contributed by atoms with E-state index in [4.69, 9.17) is 4.74 Å². The lowest BCUT2D eigenvalue weighted by Crippen LogP contribution is -2.47. The van der Waals surface area contributed by atoms with Crippen molar-refractivity contribution in [3.63, 3.8) is 0 Å². The molecule has 0 aromatic heterocycles. The summed E-state index contributed by atoms with van der Waals surface area (Å²) < 4.78 is 5.97. The Morgan fingerprint density at radius 1 is 1.14 bits per heavy atom. The number of hydrogen-bond donors (Lipinski definition) is 2. The van der Waals surface area contributed by atoms with Gasteiger partial charge < -0.3 is 20.3 Å². The van der Waals surface area contributed by atoms with Gasteiger partial charge in [-0.05, 0) is 42.7 Å². The topological polar surface area (TPSA) is 91.0 Å². The normalized spacial score (nSPS) is 18.2. The van der Waals surface area contributed by atoms with Crippen LogP contribution in [0.5, 0.6) is 11.5 Å². The molecule has 0 radical (unpaired) electrons. The van der Waals surface area contributed by atoms with Crippen LogP contribution in [-0.4, -0.2) is 53.3 Å². The fourth-order valence-corrected chi connectivity index (χ4v) is 4.37. The zero-order chi connectivity index (χ0) is 25.8. The molecule has 8 heteroatoms. The minimum absolute atomic E-state index is 0.169. The summed E-state index contributed by atoms with van der Waals surface area (Å²) in [5.74, 6) is 1.07. The Kier molecular flexibility index (Phi) is 7.43. The van der Waals surface area contributed by atoms with Crippen molar-refractivity contribution >= 4 is 17.8 Å². The Hall–Kier alpha value is -4.07. The second kappa shape index (κ2) is 10.7. The first kappa shape index (κ1) is 25.0. The molecule has 4 amide bonds. The van der Waals surface area contributed by atoms with Gasteiger partial charge in [0.2, 0.25) is 5.91 Å². The molecular formula is C28H32N4O4. The predicted molar refractivity (Wildman–Crippen MR) is 137 cm³/mol. The lowest BCUT2D eigenvalue weighted by molar-refractivity contribution is -0.135. The maximum Gasteiger partial charge on any atom is 0.322 e. The highest BCUT2D eigenvalue weighted by Gasteiger charge is 2.46. The number of amides is 4. The highest BCUT2D eigenvalue weighted by Crippen LogP contribution is 2.38. The maximum atomic E-state index is 13.7. The molecule has 0 saturated heterocycles. The average Bonchev–Trinajstić information content (AvgIpc) is 3.21. The third-order valence-corrected chi connectivity index (χ3v) is 6.26. The summed E-state index contributed by atoms with van der Waals surface area (Å²) in [4.78, 5) is 42.6. The lowest BCUT2D eigenvalue weighted by atomic mass is 9.95. The number of urea groups is 1. The SMILES string of the molecule is C=CCN1C(=O)N[C@@H](c2cccc(Oc3ccccc3)c2)C2=C1CN([C@@H](C)C(=O)NCC(C)C)C2=O. The number of nitrogens with one attached hydrogen (secondary N) is 2. The largest absolute Gasteiger partial charge is 0.457 e. The quantitative estimate of drug-likeness (QED) is 0.522. The smallest absolute Gasteiger partial charge is 0.322 e. The molecule has 2 aliphatic rings. The van der Waals surface area contributed by atoms with Gasteiger partial charge in [0.15, 0.2) is 0 Å². The van der Waals surface area contributed by atoms with Gasteiger partial charge in [0.05, 0.1) is 23.9 Å². The Labute approximate surface area is 211 Å². The van der Waals surface area contributed by atoms with Crippen molar-refractivity contribution in [2.75, 3.05) is 19.6 Å². The minimum atomic E-state index is -0.684. The molecule has 2 aromatic carbocycles. The van der Waals surface area contributed by atoms with Gasteiger partial charge in [-0.3, -0.25) is 14.5 Å². The van der Waals surface area contributed by atoms with E-state index in [2.05, 4.69) is 17.2 Å². The van der Waals surface area contributed by atoms with E-state index in [1.807, 2.05) is 68.4 Å². The van der Waals surface area contributed by atoms with E-state index < -0.39 is 12.1 Å². The summed E-state index contributed by atoms with van der Waals surface area (Å²) in [6, 6.07) is 15.0. The van der Waals surface area contributed by atoms with Crippen LogP contribution in [0.4, 0.5) is 4.79 Å². The minimum Gasteiger partial charge on any atom is -0.457 e. The molecule has 36 heavy (non-hydrogen) atoms. The van der Waals surface area contributed by atoms with Crippen molar-refractivity contribution in [1.29, 1.82) is 0 Å². The fraction of sp³-hybridized carbons (Fsp3) is 0.321. The van der Waals surface area contributed by atoms with Crippen LogP contribution in [0.2, 0.25) is 0 Å². The molecule has 4 rings (SSSR count). The van der Waals surface area contributed by atoms with Crippen molar-refractivity contribution in [2.45, 2.75) is 32.9 Å². The summed E-state index contributed by atoms with van der Waals surface area (Å²) in [7, 11) is 0. The average molecular weight is 489 g/mol. The summed E-state index contributed by atoms with van der Waals surface area (Å²) in [5, 5.41) is 5.87. The van der Waals surface area contributed by atoms with E-state index in [9.17, 15) is 14.4 Å². The maximum absolute atomic E-state index is 13.7. The molecule has 0 saturated carbocycles. The van der Waals surface area contributed by atoms with Crippen LogP contribution in [0.25, 0.3) is 0 Å². The molecule has 0 bridgehead atoms. The van der Waals surface area contributed by atoms with Gasteiger partial charge in [-0.15, -0.1) is 6.58 Å². The number of nitrogens with zero attached hydrogens (tertiary/aromatic N) is 2. The molecule has 0 aliphatic carbocycles. The van der Waals surface area contributed by atoms with Gasteiger partial charge in [0.25, 0.3) is 5.91 Å². The zero-order valence-corrected chi connectivity index (χ0v) is 20.9. The summed E-state index contributed by atoms with van der Waals surface area (Å²) in [5.41, 5.74) is 1.76. The second-order valence-electron chi connectivity index (χ2n) is 9.38. The predicted octanol–water partition coefficient (Wildman–Crippen LogP) is 3.99. The first-order valence-corrected chi connectivity index (χ1v) is 12.1. The highest BCUT2D eigenvalue weighted by molar-refractivity contribution is 6.03. The molecule has 8 nitrogen and oxygen atoms in total. The Bertz CT molecular complexity index is 1190. The van der Waals surface area contributed by atoms with Crippen molar-refractivity contribution in [3.8, 4) is 11.5 Å². The molecule has 2 heterocycles. The zero-order valence-electron chi connectivity index (χ0n) is 20.9. The number of carbonyl (C=O) groups is 3. The Morgan fingerprint density at radius 2 is 1.86 bits per heavy atom. The molecule has 188 valence electrons. The highest BCUT2D eigenvalue weighted by atomic mass is 16.5. The molecular weight excluding hydrogens is 456 g/mol. The van der Waals surface area contributed by atoms with Crippen LogP contribution in [0.3, 0.4) is 0 Å². The van der Waals surface area contributed by atoms with E-state index in [0.717, 1.165) is 5.56 Å². The van der Waals surface area contributed by atoms with Gasteiger partial charge in [-0.25, -0.2) is 4.79 Å². The van der Waals surface area contributed by atoms with E-state index in [-0.39, 0.29) is 30.9 Å². The molecule has 0 spiro atoms. The first-order chi connectivity index (χ1) is 17.3. The van der Waals surface area contributed by atoms with Crippen molar-refractivity contribution < 1.29 is 19.1 Å². The third-order valence-electron chi connectivity index (χ3n) is 6.26. The third kappa shape index (κ3) is 5.12. The number of hydrogen-bond acceptors (Lipinski definition) is 4.